The average Bonchev–Trinajstić information content (AvgIpc) is 2.88. The topological polar surface area (TPSA) is 85.0 Å². The van der Waals surface area contributed by atoms with E-state index >= 15 is 0 Å². The Hall–Kier alpha value is -3.26. The second-order valence-corrected chi connectivity index (χ2v) is 9.08. The zero-order chi connectivity index (χ0) is 23.9. The zero-order valence-electron chi connectivity index (χ0n) is 19.1. The first-order chi connectivity index (χ1) is 16.5. The minimum absolute atomic E-state index is 0.0251. The van der Waals surface area contributed by atoms with Gasteiger partial charge in [0, 0.05) is 55.7 Å². The fourth-order valence-electron chi connectivity index (χ4n) is 4.41. The molecule has 9 heteroatoms. The van der Waals surface area contributed by atoms with E-state index in [0.717, 1.165) is 17.8 Å². The molecule has 0 spiro atoms. The number of para-hydroxylation sites is 1. The van der Waals surface area contributed by atoms with E-state index in [0.29, 0.717) is 50.7 Å². The summed E-state index contributed by atoms with van der Waals surface area (Å²) in [6.45, 7) is 3.55. The van der Waals surface area contributed by atoms with Crippen LogP contribution in [0.3, 0.4) is 0 Å². The summed E-state index contributed by atoms with van der Waals surface area (Å²) in [6, 6.07) is 16.7. The van der Waals surface area contributed by atoms with Gasteiger partial charge in [-0.2, -0.15) is 0 Å². The van der Waals surface area contributed by atoms with Crippen molar-refractivity contribution in [3.8, 4) is 0 Å². The van der Waals surface area contributed by atoms with Gasteiger partial charge in [-0.05, 0) is 43.2 Å². The summed E-state index contributed by atoms with van der Waals surface area (Å²) >= 11 is 6.08. The number of carbonyl (C=O) groups excluding carboxylic acids is 3. The van der Waals surface area contributed by atoms with Crippen molar-refractivity contribution >= 4 is 40.8 Å². The molecule has 2 N–H and O–H groups in total. The number of halogens is 1. The molecule has 0 bridgehead atoms. The van der Waals surface area contributed by atoms with E-state index in [1.165, 1.54) is 0 Å². The van der Waals surface area contributed by atoms with E-state index in [9.17, 15) is 14.4 Å². The van der Waals surface area contributed by atoms with Gasteiger partial charge < -0.3 is 25.3 Å². The molecule has 2 fully saturated rings. The number of nitrogens with one attached hydrogen (secondary N) is 2. The maximum atomic E-state index is 12.7. The second kappa shape index (κ2) is 11.2. The molecule has 2 aliphatic heterocycles. The van der Waals surface area contributed by atoms with Crippen molar-refractivity contribution in [1.82, 2.24) is 15.1 Å². The average molecular weight is 484 g/mol. The Morgan fingerprint density at radius 3 is 2.41 bits per heavy atom. The quantitative estimate of drug-likeness (QED) is 0.684. The van der Waals surface area contributed by atoms with E-state index in [-0.39, 0.29) is 30.3 Å². The lowest BCUT2D eigenvalue weighted by Crippen LogP contribution is -2.52. The predicted octanol–water partition coefficient (Wildman–Crippen LogP) is 3.05. The summed E-state index contributed by atoms with van der Waals surface area (Å²) in [5.41, 5.74) is 1.77. The largest absolute Gasteiger partial charge is 0.368 e. The number of rotatable bonds is 5. The van der Waals surface area contributed by atoms with Gasteiger partial charge in [-0.15, -0.1) is 0 Å². The summed E-state index contributed by atoms with van der Waals surface area (Å²) in [4.78, 5) is 43.6. The van der Waals surface area contributed by atoms with E-state index < -0.39 is 0 Å². The molecule has 0 saturated carbocycles. The van der Waals surface area contributed by atoms with E-state index in [1.807, 2.05) is 54.6 Å². The van der Waals surface area contributed by atoms with E-state index in [4.69, 9.17) is 11.6 Å². The van der Waals surface area contributed by atoms with Gasteiger partial charge in [0.25, 0.3) is 0 Å². The summed E-state index contributed by atoms with van der Waals surface area (Å²) < 4.78 is 0. The third-order valence-electron chi connectivity index (χ3n) is 6.32. The monoisotopic (exact) mass is 483 g/mol. The Bertz CT molecular complexity index is 1010. The molecule has 1 unspecified atom stereocenters. The van der Waals surface area contributed by atoms with Crippen LogP contribution in [0.4, 0.5) is 16.2 Å². The summed E-state index contributed by atoms with van der Waals surface area (Å²) in [5, 5.41) is 6.35. The molecule has 4 rings (SSSR count). The van der Waals surface area contributed by atoms with Crippen molar-refractivity contribution in [3.05, 3.63) is 59.6 Å². The standard InChI is InChI=1S/C25H30ClN5O3/c26-20-7-4-10-22(16-20)29-12-14-30(15-13-29)23(32)17-27-24(33)19-6-5-11-31(18-19)25(34)28-21-8-2-1-3-9-21/h1-4,7-10,16,19H,5-6,11-15,17-18H2,(H,27,33)(H,28,34). The molecule has 8 nitrogen and oxygen atoms in total. The minimum atomic E-state index is -0.317. The maximum Gasteiger partial charge on any atom is 0.321 e. The van der Waals surface area contributed by atoms with Crippen LogP contribution >= 0.6 is 11.6 Å². The smallest absolute Gasteiger partial charge is 0.321 e. The molecular weight excluding hydrogens is 454 g/mol. The lowest BCUT2D eigenvalue weighted by molar-refractivity contribution is -0.134. The number of amides is 4. The molecule has 2 aliphatic rings. The molecule has 2 saturated heterocycles. The molecule has 2 heterocycles. The second-order valence-electron chi connectivity index (χ2n) is 8.65. The number of hydrogen-bond acceptors (Lipinski definition) is 4. The molecule has 2 aromatic rings. The van der Waals surface area contributed by atoms with Crippen molar-refractivity contribution in [1.29, 1.82) is 0 Å². The van der Waals surface area contributed by atoms with Crippen molar-refractivity contribution < 1.29 is 14.4 Å². The van der Waals surface area contributed by atoms with E-state index in [1.54, 1.807) is 9.80 Å². The van der Waals surface area contributed by atoms with Crippen LogP contribution in [0, 0.1) is 5.92 Å². The number of anilines is 2. The molecule has 0 aromatic heterocycles. The number of carbonyl (C=O) groups is 3. The SMILES string of the molecule is O=C(NCC(=O)N1CCN(c2cccc(Cl)c2)CC1)C1CCCN(C(=O)Nc2ccccc2)C1. The summed E-state index contributed by atoms with van der Waals surface area (Å²) in [5.74, 6) is -0.584. The van der Waals surface area contributed by atoms with Crippen molar-refractivity contribution in [2.75, 3.05) is 56.0 Å². The highest BCUT2D eigenvalue weighted by atomic mass is 35.5. The maximum absolute atomic E-state index is 12.7. The molecule has 1 atom stereocenters. The fourth-order valence-corrected chi connectivity index (χ4v) is 4.59. The number of nitrogens with zero attached hydrogens (tertiary/aromatic N) is 3. The van der Waals surface area contributed by atoms with Gasteiger partial charge in [0.2, 0.25) is 11.8 Å². The predicted molar refractivity (Wildman–Crippen MR) is 133 cm³/mol. The van der Waals surface area contributed by atoms with Gasteiger partial charge in [-0.3, -0.25) is 9.59 Å². The first kappa shape index (κ1) is 23.9. The van der Waals surface area contributed by atoms with Crippen molar-refractivity contribution in [3.63, 3.8) is 0 Å². The number of piperidine rings is 1. The lowest BCUT2D eigenvalue weighted by atomic mass is 9.97. The van der Waals surface area contributed by atoms with Crippen LogP contribution in [0.15, 0.2) is 54.6 Å². The van der Waals surface area contributed by atoms with Crippen LogP contribution < -0.4 is 15.5 Å². The third-order valence-corrected chi connectivity index (χ3v) is 6.56. The van der Waals surface area contributed by atoms with Gasteiger partial charge in [-0.1, -0.05) is 35.9 Å². The van der Waals surface area contributed by atoms with Crippen LogP contribution in [0.1, 0.15) is 12.8 Å². The zero-order valence-corrected chi connectivity index (χ0v) is 19.8. The first-order valence-electron chi connectivity index (χ1n) is 11.7. The molecule has 4 amide bonds. The van der Waals surface area contributed by atoms with Crippen LogP contribution in [0.2, 0.25) is 5.02 Å². The van der Waals surface area contributed by atoms with Gasteiger partial charge in [-0.25, -0.2) is 4.79 Å². The highest BCUT2D eigenvalue weighted by Crippen LogP contribution is 2.21. The number of likely N-dealkylation sites (tertiary alicyclic amines) is 1. The minimum Gasteiger partial charge on any atom is -0.368 e. The van der Waals surface area contributed by atoms with Crippen LogP contribution in [-0.2, 0) is 9.59 Å². The molecule has 0 aliphatic carbocycles. The Morgan fingerprint density at radius 1 is 0.912 bits per heavy atom. The molecule has 0 radical (unpaired) electrons. The third kappa shape index (κ3) is 6.20. The highest BCUT2D eigenvalue weighted by molar-refractivity contribution is 6.30. The number of piperazine rings is 1. The van der Waals surface area contributed by atoms with Crippen LogP contribution in [0.5, 0.6) is 0 Å². The summed E-state index contributed by atoms with van der Waals surface area (Å²) in [7, 11) is 0. The van der Waals surface area contributed by atoms with E-state index in [2.05, 4.69) is 15.5 Å². The molecule has 2 aromatic carbocycles. The molecular formula is C25H30ClN5O3. The van der Waals surface area contributed by atoms with Gasteiger partial charge in [0.05, 0.1) is 12.5 Å². The molecule has 180 valence electrons. The van der Waals surface area contributed by atoms with Crippen LogP contribution in [-0.4, -0.2) is 73.5 Å². The van der Waals surface area contributed by atoms with Gasteiger partial charge in [0.1, 0.15) is 0 Å². The highest BCUT2D eigenvalue weighted by Gasteiger charge is 2.29. The normalized spacial score (nSPS) is 18.4. The van der Waals surface area contributed by atoms with Gasteiger partial charge >= 0.3 is 6.03 Å². The first-order valence-corrected chi connectivity index (χ1v) is 12.0. The Morgan fingerprint density at radius 2 is 1.68 bits per heavy atom. The Kier molecular flexibility index (Phi) is 7.90. The molecule has 34 heavy (non-hydrogen) atoms. The number of benzene rings is 2. The lowest BCUT2D eigenvalue weighted by Gasteiger charge is -2.36. The Balaban J connectivity index is 1.21. The van der Waals surface area contributed by atoms with Gasteiger partial charge in [0.15, 0.2) is 0 Å². The number of hydrogen-bond donors (Lipinski definition) is 2. The Labute approximate surface area is 204 Å². The summed E-state index contributed by atoms with van der Waals surface area (Å²) in [6.07, 6.45) is 1.45. The van der Waals surface area contributed by atoms with Crippen molar-refractivity contribution in [2.45, 2.75) is 12.8 Å². The number of urea groups is 1. The van der Waals surface area contributed by atoms with Crippen molar-refractivity contribution in [2.24, 2.45) is 5.92 Å². The van der Waals surface area contributed by atoms with Crippen LogP contribution in [0.25, 0.3) is 0 Å². The fraction of sp³-hybridized carbons (Fsp3) is 0.400.